The second kappa shape index (κ2) is 3.71. The van der Waals surface area contributed by atoms with E-state index in [0.717, 1.165) is 31.2 Å². The molecule has 2 rings (SSSR count). The molecule has 1 fully saturated rings. The predicted octanol–water partition coefficient (Wildman–Crippen LogP) is 1.78. The van der Waals surface area contributed by atoms with Gasteiger partial charge in [-0.15, -0.1) is 0 Å². The predicted molar refractivity (Wildman–Crippen MR) is 56.8 cm³/mol. The fourth-order valence-corrected chi connectivity index (χ4v) is 2.26. The normalized spacial score (nSPS) is 32.9. The molecule has 0 amide bonds. The highest BCUT2D eigenvalue weighted by Gasteiger charge is 2.37. The van der Waals surface area contributed by atoms with Gasteiger partial charge in [-0.3, -0.25) is 0 Å². The van der Waals surface area contributed by atoms with Crippen molar-refractivity contribution in [2.45, 2.75) is 37.3 Å². The number of benzene rings is 1. The second-order valence-electron chi connectivity index (χ2n) is 4.17. The fraction of sp³-hybridized carbons (Fsp3) is 0.500. The van der Waals surface area contributed by atoms with Crippen LogP contribution in [0.2, 0.25) is 0 Å². The molecule has 2 unspecified atom stereocenters. The molecule has 2 atom stereocenters. The second-order valence-corrected chi connectivity index (χ2v) is 4.17. The topological polar surface area (TPSA) is 46.2 Å². The molecular formula is C12H17NO. The van der Waals surface area contributed by atoms with E-state index in [-0.39, 0.29) is 0 Å². The van der Waals surface area contributed by atoms with Gasteiger partial charge in [0.15, 0.2) is 0 Å². The van der Waals surface area contributed by atoms with E-state index in [2.05, 4.69) is 0 Å². The Morgan fingerprint density at radius 1 is 1.21 bits per heavy atom. The van der Waals surface area contributed by atoms with Crippen molar-refractivity contribution in [3.8, 4) is 0 Å². The molecule has 76 valence electrons. The fourth-order valence-electron chi connectivity index (χ4n) is 2.26. The summed E-state index contributed by atoms with van der Waals surface area (Å²) >= 11 is 0. The van der Waals surface area contributed by atoms with Crippen LogP contribution in [0.1, 0.15) is 31.2 Å². The molecule has 1 aromatic rings. The molecule has 0 bridgehead atoms. The number of hydrogen-bond donors (Lipinski definition) is 2. The van der Waals surface area contributed by atoms with E-state index in [1.165, 1.54) is 0 Å². The third-order valence-electron chi connectivity index (χ3n) is 3.22. The largest absolute Gasteiger partial charge is 0.391 e. The number of hydrogen-bond acceptors (Lipinski definition) is 2. The van der Waals surface area contributed by atoms with Gasteiger partial charge in [0.25, 0.3) is 0 Å². The first-order valence-corrected chi connectivity index (χ1v) is 5.26. The summed E-state index contributed by atoms with van der Waals surface area (Å²) in [5.74, 6) is 0. The number of nitrogens with two attached hydrogens (primary N) is 1. The van der Waals surface area contributed by atoms with Crippen molar-refractivity contribution < 1.29 is 5.11 Å². The van der Waals surface area contributed by atoms with Crippen LogP contribution in [0, 0.1) is 0 Å². The summed E-state index contributed by atoms with van der Waals surface area (Å²) in [5, 5.41) is 9.96. The lowest BCUT2D eigenvalue weighted by Crippen LogP contribution is -2.49. The van der Waals surface area contributed by atoms with Gasteiger partial charge in [0.05, 0.1) is 11.6 Å². The first-order valence-electron chi connectivity index (χ1n) is 5.26. The van der Waals surface area contributed by atoms with Crippen LogP contribution in [0.25, 0.3) is 0 Å². The van der Waals surface area contributed by atoms with E-state index >= 15 is 0 Å². The molecule has 3 N–H and O–H groups in total. The van der Waals surface area contributed by atoms with Crippen molar-refractivity contribution in [3.63, 3.8) is 0 Å². The number of aliphatic hydroxyl groups is 1. The zero-order valence-corrected chi connectivity index (χ0v) is 8.32. The minimum atomic E-state index is -0.514. The summed E-state index contributed by atoms with van der Waals surface area (Å²) in [6.45, 7) is 0. The highest BCUT2D eigenvalue weighted by molar-refractivity contribution is 5.26. The third kappa shape index (κ3) is 1.56. The van der Waals surface area contributed by atoms with Crippen LogP contribution in [-0.4, -0.2) is 11.2 Å². The molecule has 0 heterocycles. The van der Waals surface area contributed by atoms with E-state index in [0.29, 0.717) is 0 Å². The molecule has 1 saturated carbocycles. The lowest BCUT2D eigenvalue weighted by molar-refractivity contribution is 0.0450. The molecule has 0 saturated heterocycles. The molecule has 0 radical (unpaired) electrons. The lowest BCUT2D eigenvalue weighted by Gasteiger charge is -2.38. The summed E-state index contributed by atoms with van der Waals surface area (Å²) < 4.78 is 0. The maximum Gasteiger partial charge on any atom is 0.0761 e. The third-order valence-corrected chi connectivity index (χ3v) is 3.22. The Labute approximate surface area is 84.7 Å². The van der Waals surface area contributed by atoms with Crippen LogP contribution < -0.4 is 5.73 Å². The number of rotatable bonds is 1. The Morgan fingerprint density at radius 2 is 1.93 bits per heavy atom. The SMILES string of the molecule is NC1(c2ccccc2)CCCCC1O. The quantitative estimate of drug-likeness (QED) is 0.710. The van der Waals surface area contributed by atoms with Crippen LogP contribution >= 0.6 is 0 Å². The van der Waals surface area contributed by atoms with Gasteiger partial charge in [-0.25, -0.2) is 0 Å². The maximum absolute atomic E-state index is 9.96. The van der Waals surface area contributed by atoms with E-state index in [1.807, 2.05) is 30.3 Å². The molecule has 1 aromatic carbocycles. The lowest BCUT2D eigenvalue weighted by atomic mass is 9.75. The highest BCUT2D eigenvalue weighted by atomic mass is 16.3. The molecule has 0 aliphatic heterocycles. The van der Waals surface area contributed by atoms with E-state index in [9.17, 15) is 5.11 Å². The van der Waals surface area contributed by atoms with Gasteiger partial charge in [-0.2, -0.15) is 0 Å². The van der Waals surface area contributed by atoms with Crippen LogP contribution in [-0.2, 0) is 5.54 Å². The van der Waals surface area contributed by atoms with Crippen molar-refractivity contribution in [1.82, 2.24) is 0 Å². The standard InChI is InChI=1S/C12H17NO/c13-12(9-5-4-8-11(12)14)10-6-2-1-3-7-10/h1-3,6-7,11,14H,4-5,8-9,13H2. The van der Waals surface area contributed by atoms with Crippen LogP contribution in [0.5, 0.6) is 0 Å². The maximum atomic E-state index is 9.96. The Hall–Kier alpha value is -0.860. The molecule has 14 heavy (non-hydrogen) atoms. The molecule has 0 spiro atoms. The molecular weight excluding hydrogens is 174 g/mol. The average molecular weight is 191 g/mol. The van der Waals surface area contributed by atoms with Gasteiger partial charge in [0.1, 0.15) is 0 Å². The van der Waals surface area contributed by atoms with E-state index in [4.69, 9.17) is 5.73 Å². The Kier molecular flexibility index (Phi) is 2.57. The zero-order chi connectivity index (χ0) is 10.0. The zero-order valence-electron chi connectivity index (χ0n) is 8.32. The van der Waals surface area contributed by atoms with Gasteiger partial charge in [-0.1, -0.05) is 43.2 Å². The summed E-state index contributed by atoms with van der Waals surface area (Å²) in [7, 11) is 0. The van der Waals surface area contributed by atoms with Crippen molar-refractivity contribution in [2.75, 3.05) is 0 Å². The molecule has 2 heteroatoms. The summed E-state index contributed by atoms with van der Waals surface area (Å²) in [5.41, 5.74) is 6.82. The first-order chi connectivity index (χ1) is 6.73. The van der Waals surface area contributed by atoms with Crippen LogP contribution in [0.15, 0.2) is 30.3 Å². The van der Waals surface area contributed by atoms with Crippen molar-refractivity contribution in [2.24, 2.45) is 5.73 Å². The molecule has 0 aromatic heterocycles. The Morgan fingerprint density at radius 3 is 2.57 bits per heavy atom. The summed E-state index contributed by atoms with van der Waals surface area (Å²) in [4.78, 5) is 0. The van der Waals surface area contributed by atoms with Crippen LogP contribution in [0.4, 0.5) is 0 Å². The van der Waals surface area contributed by atoms with Gasteiger partial charge >= 0.3 is 0 Å². The van der Waals surface area contributed by atoms with E-state index in [1.54, 1.807) is 0 Å². The van der Waals surface area contributed by atoms with Gasteiger partial charge in [0.2, 0.25) is 0 Å². The smallest absolute Gasteiger partial charge is 0.0761 e. The van der Waals surface area contributed by atoms with Gasteiger partial charge in [0, 0.05) is 0 Å². The van der Waals surface area contributed by atoms with Gasteiger partial charge < -0.3 is 10.8 Å². The monoisotopic (exact) mass is 191 g/mol. The summed E-state index contributed by atoms with van der Waals surface area (Å²) in [6, 6.07) is 9.95. The van der Waals surface area contributed by atoms with Crippen LogP contribution in [0.3, 0.4) is 0 Å². The number of aliphatic hydroxyl groups excluding tert-OH is 1. The minimum Gasteiger partial charge on any atom is -0.391 e. The van der Waals surface area contributed by atoms with Gasteiger partial charge in [-0.05, 0) is 18.4 Å². The first kappa shape index (κ1) is 9.69. The average Bonchev–Trinajstić information content (AvgIpc) is 2.24. The molecule has 2 nitrogen and oxygen atoms in total. The van der Waals surface area contributed by atoms with E-state index < -0.39 is 11.6 Å². The Bertz CT molecular complexity index is 298. The summed E-state index contributed by atoms with van der Waals surface area (Å²) in [6.07, 6.45) is 3.53. The van der Waals surface area contributed by atoms with Crippen molar-refractivity contribution in [1.29, 1.82) is 0 Å². The Balaban J connectivity index is 2.30. The van der Waals surface area contributed by atoms with Crippen molar-refractivity contribution in [3.05, 3.63) is 35.9 Å². The minimum absolute atomic E-state index is 0.390. The van der Waals surface area contributed by atoms with Crippen molar-refractivity contribution >= 4 is 0 Å². The molecule has 1 aliphatic carbocycles. The molecule has 1 aliphatic rings. The highest BCUT2D eigenvalue weighted by Crippen LogP contribution is 2.34.